The summed E-state index contributed by atoms with van der Waals surface area (Å²) in [5, 5.41) is 14.5. The van der Waals surface area contributed by atoms with Gasteiger partial charge in [-0.15, -0.1) is 0 Å². The van der Waals surface area contributed by atoms with E-state index in [1.807, 2.05) is 31.3 Å². The Morgan fingerprint density at radius 1 is 1.27 bits per heavy atom. The van der Waals surface area contributed by atoms with Crippen LogP contribution in [0.25, 0.3) is 0 Å². The second kappa shape index (κ2) is 6.32. The third kappa shape index (κ3) is 2.90. The molecule has 1 aromatic carbocycles. The fourth-order valence-electron chi connectivity index (χ4n) is 3.15. The first-order chi connectivity index (χ1) is 10.7. The van der Waals surface area contributed by atoms with Crippen molar-refractivity contribution >= 4 is 5.97 Å². The minimum atomic E-state index is -0.516. The molecule has 1 heterocycles. The topological polar surface area (TPSA) is 64.4 Å². The molecule has 1 aliphatic carbocycles. The standard InChI is InChI=1S/C17H20N2O3/c1-19-13(10-11-18-19)16-14(20)8-5-9-15(16)22-17(21)12-6-3-2-4-7-12/h2-4,6-7,10-11,14-16,20H,5,8-9H2,1H3/t14-,15?,16?/m1/s1. The van der Waals surface area contributed by atoms with Crippen LogP contribution in [0.4, 0.5) is 0 Å². The van der Waals surface area contributed by atoms with Crippen molar-refractivity contribution in [3.05, 3.63) is 53.9 Å². The van der Waals surface area contributed by atoms with Gasteiger partial charge >= 0.3 is 5.97 Å². The van der Waals surface area contributed by atoms with E-state index in [-0.39, 0.29) is 18.0 Å². The molecule has 0 bridgehead atoms. The summed E-state index contributed by atoms with van der Waals surface area (Å²) < 4.78 is 7.44. The van der Waals surface area contributed by atoms with Crippen molar-refractivity contribution in [3.63, 3.8) is 0 Å². The summed E-state index contributed by atoms with van der Waals surface area (Å²) in [4.78, 5) is 12.3. The van der Waals surface area contributed by atoms with E-state index in [2.05, 4.69) is 5.10 Å². The van der Waals surface area contributed by atoms with Crippen LogP contribution >= 0.6 is 0 Å². The Balaban J connectivity index is 1.81. The number of aromatic nitrogens is 2. The molecule has 0 saturated heterocycles. The molecule has 0 spiro atoms. The Labute approximate surface area is 129 Å². The van der Waals surface area contributed by atoms with Crippen molar-refractivity contribution in [3.8, 4) is 0 Å². The SMILES string of the molecule is Cn1nccc1C1C(OC(=O)c2ccccc2)CCC[C@H]1O. The molecule has 0 radical (unpaired) electrons. The number of aliphatic hydroxyl groups is 1. The first-order valence-corrected chi connectivity index (χ1v) is 7.59. The second-order valence-corrected chi connectivity index (χ2v) is 5.71. The summed E-state index contributed by atoms with van der Waals surface area (Å²) in [5.74, 6) is -0.569. The highest BCUT2D eigenvalue weighted by molar-refractivity contribution is 5.89. The van der Waals surface area contributed by atoms with Crippen molar-refractivity contribution in [2.24, 2.45) is 7.05 Å². The van der Waals surface area contributed by atoms with Gasteiger partial charge in [-0.25, -0.2) is 4.79 Å². The van der Waals surface area contributed by atoms with E-state index in [0.29, 0.717) is 5.56 Å². The van der Waals surface area contributed by atoms with Gasteiger partial charge in [0.25, 0.3) is 0 Å². The van der Waals surface area contributed by atoms with Crippen LogP contribution in [0.5, 0.6) is 0 Å². The van der Waals surface area contributed by atoms with Gasteiger partial charge in [0.2, 0.25) is 0 Å². The van der Waals surface area contributed by atoms with Crippen molar-refractivity contribution in [1.82, 2.24) is 9.78 Å². The number of aliphatic hydroxyl groups excluding tert-OH is 1. The molecule has 2 aromatic rings. The summed E-state index contributed by atoms with van der Waals surface area (Å²) in [5.41, 5.74) is 1.43. The number of carbonyl (C=O) groups excluding carboxylic acids is 1. The monoisotopic (exact) mass is 300 g/mol. The van der Waals surface area contributed by atoms with Gasteiger partial charge in [-0.3, -0.25) is 4.68 Å². The predicted octanol–water partition coefficient (Wildman–Crippen LogP) is 2.27. The van der Waals surface area contributed by atoms with Crippen molar-refractivity contribution in [1.29, 1.82) is 0 Å². The van der Waals surface area contributed by atoms with Gasteiger partial charge in [-0.05, 0) is 37.5 Å². The molecule has 5 heteroatoms. The Bertz CT molecular complexity index is 638. The van der Waals surface area contributed by atoms with Crippen LogP contribution in [-0.2, 0) is 11.8 Å². The van der Waals surface area contributed by atoms with Gasteiger partial charge in [0, 0.05) is 18.9 Å². The van der Waals surface area contributed by atoms with Crippen LogP contribution in [0.1, 0.15) is 41.2 Å². The van der Waals surface area contributed by atoms with Crippen LogP contribution in [-0.4, -0.2) is 33.1 Å². The zero-order valence-corrected chi connectivity index (χ0v) is 12.6. The zero-order chi connectivity index (χ0) is 15.5. The smallest absolute Gasteiger partial charge is 0.338 e. The summed E-state index contributed by atoms with van der Waals surface area (Å²) >= 11 is 0. The third-order valence-corrected chi connectivity index (χ3v) is 4.27. The number of rotatable bonds is 3. The quantitative estimate of drug-likeness (QED) is 0.883. The maximum absolute atomic E-state index is 12.3. The minimum Gasteiger partial charge on any atom is -0.458 e. The van der Waals surface area contributed by atoms with Gasteiger partial charge in [0.05, 0.1) is 17.6 Å². The number of benzene rings is 1. The van der Waals surface area contributed by atoms with E-state index in [1.165, 1.54) is 0 Å². The minimum absolute atomic E-state index is 0.228. The maximum atomic E-state index is 12.3. The normalized spacial score (nSPS) is 24.9. The Kier molecular flexibility index (Phi) is 4.24. The molecule has 3 rings (SSSR count). The number of ether oxygens (including phenoxy) is 1. The van der Waals surface area contributed by atoms with Crippen molar-refractivity contribution in [2.75, 3.05) is 0 Å². The number of hydrogen-bond acceptors (Lipinski definition) is 4. The lowest BCUT2D eigenvalue weighted by Gasteiger charge is -2.35. The number of aryl methyl sites for hydroxylation is 1. The molecule has 0 aliphatic heterocycles. The van der Waals surface area contributed by atoms with Gasteiger partial charge < -0.3 is 9.84 Å². The first kappa shape index (κ1) is 14.8. The molecule has 1 aromatic heterocycles. The van der Waals surface area contributed by atoms with Crippen LogP contribution in [0, 0.1) is 0 Å². The van der Waals surface area contributed by atoms with E-state index >= 15 is 0 Å². The van der Waals surface area contributed by atoms with Crippen LogP contribution in [0.15, 0.2) is 42.6 Å². The molecular formula is C17H20N2O3. The third-order valence-electron chi connectivity index (χ3n) is 4.27. The lowest BCUT2D eigenvalue weighted by Crippen LogP contribution is -2.38. The van der Waals surface area contributed by atoms with Crippen molar-refractivity contribution < 1.29 is 14.6 Å². The lowest BCUT2D eigenvalue weighted by atomic mass is 9.81. The summed E-state index contributed by atoms with van der Waals surface area (Å²) in [6, 6.07) is 10.8. The van der Waals surface area contributed by atoms with Crippen LogP contribution in [0.3, 0.4) is 0 Å². The van der Waals surface area contributed by atoms with E-state index in [4.69, 9.17) is 4.74 Å². The van der Waals surface area contributed by atoms with Gasteiger partial charge in [0.1, 0.15) is 6.10 Å². The van der Waals surface area contributed by atoms with E-state index in [0.717, 1.165) is 25.0 Å². The largest absolute Gasteiger partial charge is 0.458 e. The molecule has 1 saturated carbocycles. The van der Waals surface area contributed by atoms with Gasteiger partial charge in [-0.1, -0.05) is 18.2 Å². The highest BCUT2D eigenvalue weighted by Gasteiger charge is 2.37. The van der Waals surface area contributed by atoms with Gasteiger partial charge in [-0.2, -0.15) is 5.10 Å². The van der Waals surface area contributed by atoms with Crippen LogP contribution in [0.2, 0.25) is 0 Å². The predicted molar refractivity (Wildman–Crippen MR) is 81.5 cm³/mol. The average Bonchev–Trinajstić information content (AvgIpc) is 2.94. The summed E-state index contributed by atoms with van der Waals surface area (Å²) in [7, 11) is 1.84. The highest BCUT2D eigenvalue weighted by Crippen LogP contribution is 2.35. The Hall–Kier alpha value is -2.14. The van der Waals surface area contributed by atoms with E-state index in [1.54, 1.807) is 23.0 Å². The van der Waals surface area contributed by atoms with E-state index < -0.39 is 6.10 Å². The zero-order valence-electron chi connectivity index (χ0n) is 12.6. The fraction of sp³-hybridized carbons (Fsp3) is 0.412. The van der Waals surface area contributed by atoms with Crippen molar-refractivity contribution in [2.45, 2.75) is 37.4 Å². The van der Waals surface area contributed by atoms with E-state index in [9.17, 15) is 9.90 Å². The molecular weight excluding hydrogens is 280 g/mol. The van der Waals surface area contributed by atoms with Gasteiger partial charge in [0.15, 0.2) is 0 Å². The highest BCUT2D eigenvalue weighted by atomic mass is 16.5. The summed E-state index contributed by atoms with van der Waals surface area (Å²) in [6.45, 7) is 0. The second-order valence-electron chi connectivity index (χ2n) is 5.71. The molecule has 2 unspecified atom stereocenters. The lowest BCUT2D eigenvalue weighted by molar-refractivity contribution is -0.0192. The van der Waals surface area contributed by atoms with Crippen LogP contribution < -0.4 is 0 Å². The molecule has 22 heavy (non-hydrogen) atoms. The average molecular weight is 300 g/mol. The molecule has 3 atom stereocenters. The molecule has 5 nitrogen and oxygen atoms in total. The molecule has 1 N–H and O–H groups in total. The molecule has 1 aliphatic rings. The number of hydrogen-bond donors (Lipinski definition) is 1. The number of esters is 1. The first-order valence-electron chi connectivity index (χ1n) is 7.59. The Morgan fingerprint density at radius 2 is 2.05 bits per heavy atom. The fourth-order valence-corrected chi connectivity index (χ4v) is 3.15. The number of nitrogens with zero attached hydrogens (tertiary/aromatic N) is 2. The molecule has 1 fully saturated rings. The number of carbonyl (C=O) groups is 1. The molecule has 0 amide bonds. The maximum Gasteiger partial charge on any atom is 0.338 e. The molecule has 116 valence electrons. The summed E-state index contributed by atoms with van der Waals surface area (Å²) in [6.07, 6.45) is 3.18. The Morgan fingerprint density at radius 3 is 2.73 bits per heavy atom.